The summed E-state index contributed by atoms with van der Waals surface area (Å²) in [6.45, 7) is 12.7. The number of aromatic nitrogens is 2. The fourth-order valence-corrected chi connectivity index (χ4v) is 4.36. The van der Waals surface area contributed by atoms with E-state index in [2.05, 4.69) is 47.9 Å². The first-order chi connectivity index (χ1) is 15.9. The minimum Gasteiger partial charge on any atom is -0.379 e. The van der Waals surface area contributed by atoms with Gasteiger partial charge in [-0.2, -0.15) is 0 Å². The molecule has 1 fully saturated rings. The van der Waals surface area contributed by atoms with Crippen LogP contribution in [0.2, 0.25) is 0 Å². The van der Waals surface area contributed by atoms with Crippen LogP contribution in [-0.4, -0.2) is 83.5 Å². The van der Waals surface area contributed by atoms with E-state index in [4.69, 9.17) is 9.72 Å². The van der Waals surface area contributed by atoms with Crippen molar-refractivity contribution in [3.63, 3.8) is 0 Å². The summed E-state index contributed by atoms with van der Waals surface area (Å²) in [7, 11) is 0. The summed E-state index contributed by atoms with van der Waals surface area (Å²) in [5.74, 6) is 0.420. The van der Waals surface area contributed by atoms with Crippen LogP contribution in [0.5, 0.6) is 0 Å². The lowest BCUT2D eigenvalue weighted by atomic mass is 10.2. The van der Waals surface area contributed by atoms with Crippen LogP contribution in [0.15, 0.2) is 41.7 Å². The van der Waals surface area contributed by atoms with Gasteiger partial charge < -0.3 is 10.1 Å². The standard InChI is InChI=1S/C24H36N6O2S/c1-18(2)29(19(3)4)12-11-25-23(31)21-17-26-24(33-5)27-22(21)30(20-9-7-6-8-10-20)28-13-15-32-16-14-28/h6-10,17-19H,11-16H2,1-5H3,(H,25,31). The molecular formula is C24H36N6O2S. The quantitative estimate of drug-likeness (QED) is 0.416. The van der Waals surface area contributed by atoms with Crippen LogP contribution in [0, 0.1) is 0 Å². The fraction of sp³-hybridized carbons (Fsp3) is 0.542. The smallest absolute Gasteiger partial charge is 0.256 e. The highest BCUT2D eigenvalue weighted by molar-refractivity contribution is 7.98. The molecule has 0 radical (unpaired) electrons. The molecule has 2 heterocycles. The maximum Gasteiger partial charge on any atom is 0.256 e. The molecule has 0 atom stereocenters. The first kappa shape index (κ1) is 25.4. The van der Waals surface area contributed by atoms with Crippen molar-refractivity contribution in [2.24, 2.45) is 0 Å². The van der Waals surface area contributed by atoms with Gasteiger partial charge in [0.15, 0.2) is 11.0 Å². The third kappa shape index (κ3) is 6.66. The maximum atomic E-state index is 13.3. The van der Waals surface area contributed by atoms with E-state index in [-0.39, 0.29) is 5.91 Å². The number of rotatable bonds is 10. The molecule has 0 unspecified atom stereocenters. The van der Waals surface area contributed by atoms with E-state index in [1.807, 2.05) is 41.6 Å². The third-order valence-corrected chi connectivity index (χ3v) is 6.19. The lowest BCUT2D eigenvalue weighted by molar-refractivity contribution is 0.0373. The summed E-state index contributed by atoms with van der Waals surface area (Å²) in [6.07, 6.45) is 3.58. The monoisotopic (exact) mass is 472 g/mol. The predicted molar refractivity (Wildman–Crippen MR) is 134 cm³/mol. The van der Waals surface area contributed by atoms with Crippen LogP contribution in [0.25, 0.3) is 0 Å². The molecule has 9 heteroatoms. The molecule has 0 saturated carbocycles. The van der Waals surface area contributed by atoms with Gasteiger partial charge in [-0.25, -0.2) is 15.0 Å². The van der Waals surface area contributed by atoms with Gasteiger partial charge in [0.25, 0.3) is 5.91 Å². The summed E-state index contributed by atoms with van der Waals surface area (Å²) in [5.41, 5.74) is 1.41. The van der Waals surface area contributed by atoms with E-state index in [0.717, 1.165) is 12.2 Å². The molecule has 33 heavy (non-hydrogen) atoms. The molecule has 8 nitrogen and oxygen atoms in total. The predicted octanol–water partition coefficient (Wildman–Crippen LogP) is 3.43. The first-order valence-corrected chi connectivity index (χ1v) is 12.8. The number of para-hydroxylation sites is 1. The van der Waals surface area contributed by atoms with Gasteiger partial charge >= 0.3 is 0 Å². The Kier molecular flexibility index (Phi) is 9.49. The minimum atomic E-state index is -0.167. The van der Waals surface area contributed by atoms with Gasteiger partial charge in [0, 0.05) is 44.5 Å². The van der Waals surface area contributed by atoms with Crippen molar-refractivity contribution in [3.8, 4) is 0 Å². The number of thioether (sulfide) groups is 1. The van der Waals surface area contributed by atoms with Crippen LogP contribution >= 0.6 is 11.8 Å². The second kappa shape index (κ2) is 12.3. The molecule has 0 aliphatic carbocycles. The molecule has 1 amide bonds. The number of nitrogens with one attached hydrogen (secondary N) is 1. The summed E-state index contributed by atoms with van der Waals surface area (Å²) >= 11 is 1.46. The number of benzene rings is 1. The number of hydrazine groups is 1. The van der Waals surface area contributed by atoms with Crippen molar-refractivity contribution in [1.29, 1.82) is 0 Å². The van der Waals surface area contributed by atoms with Gasteiger partial charge in [-0.15, -0.1) is 0 Å². The molecule has 0 bridgehead atoms. The van der Waals surface area contributed by atoms with Crippen molar-refractivity contribution in [3.05, 3.63) is 42.1 Å². The van der Waals surface area contributed by atoms with Crippen molar-refractivity contribution in [1.82, 2.24) is 25.2 Å². The number of hydrogen-bond donors (Lipinski definition) is 1. The molecule has 1 N–H and O–H groups in total. The van der Waals surface area contributed by atoms with Gasteiger partial charge in [0.1, 0.15) is 5.56 Å². The van der Waals surface area contributed by atoms with Crippen LogP contribution < -0.4 is 10.3 Å². The highest BCUT2D eigenvalue weighted by atomic mass is 32.2. The highest BCUT2D eigenvalue weighted by Crippen LogP contribution is 2.30. The first-order valence-electron chi connectivity index (χ1n) is 11.5. The van der Waals surface area contributed by atoms with Gasteiger partial charge in [0.2, 0.25) is 0 Å². The van der Waals surface area contributed by atoms with Gasteiger partial charge in [0.05, 0.1) is 18.9 Å². The summed E-state index contributed by atoms with van der Waals surface area (Å²) in [5, 5.41) is 7.93. The number of hydrogen-bond acceptors (Lipinski definition) is 8. The maximum absolute atomic E-state index is 13.3. The molecule has 3 rings (SSSR count). The average molecular weight is 473 g/mol. The second-order valence-corrected chi connectivity index (χ2v) is 9.26. The van der Waals surface area contributed by atoms with E-state index in [1.165, 1.54) is 11.8 Å². The topological polar surface area (TPSA) is 73.8 Å². The number of amides is 1. The second-order valence-electron chi connectivity index (χ2n) is 8.49. The van der Waals surface area contributed by atoms with Crippen molar-refractivity contribution in [2.45, 2.75) is 44.9 Å². The molecule has 1 aromatic carbocycles. The van der Waals surface area contributed by atoms with Crippen molar-refractivity contribution < 1.29 is 9.53 Å². The van der Waals surface area contributed by atoms with Gasteiger partial charge in [-0.1, -0.05) is 30.0 Å². The van der Waals surface area contributed by atoms with E-state index >= 15 is 0 Å². The molecule has 1 aromatic heterocycles. The van der Waals surface area contributed by atoms with Crippen LogP contribution in [-0.2, 0) is 4.74 Å². The van der Waals surface area contributed by atoms with Crippen LogP contribution in [0.3, 0.4) is 0 Å². The largest absolute Gasteiger partial charge is 0.379 e. The zero-order valence-corrected chi connectivity index (χ0v) is 21.1. The molecule has 0 spiro atoms. The number of nitrogens with zero attached hydrogens (tertiary/aromatic N) is 5. The Hall–Kier alpha value is -2.20. The SMILES string of the molecule is CSc1ncc(C(=O)NCCN(C(C)C)C(C)C)c(N(c2ccccc2)N2CCOCC2)n1. The normalized spacial score (nSPS) is 14.8. The third-order valence-electron chi connectivity index (χ3n) is 5.63. The minimum absolute atomic E-state index is 0.167. The highest BCUT2D eigenvalue weighted by Gasteiger charge is 2.27. The summed E-state index contributed by atoms with van der Waals surface area (Å²) in [6, 6.07) is 10.9. The summed E-state index contributed by atoms with van der Waals surface area (Å²) in [4.78, 5) is 24.9. The Balaban J connectivity index is 1.90. The van der Waals surface area contributed by atoms with Crippen molar-refractivity contribution in [2.75, 3.05) is 50.7 Å². The van der Waals surface area contributed by atoms with Gasteiger partial charge in [-0.3, -0.25) is 14.7 Å². The zero-order chi connectivity index (χ0) is 23.8. The molecule has 2 aromatic rings. The van der Waals surface area contributed by atoms with E-state index in [9.17, 15) is 4.79 Å². The van der Waals surface area contributed by atoms with E-state index in [0.29, 0.717) is 61.5 Å². The van der Waals surface area contributed by atoms with Gasteiger partial charge in [-0.05, 0) is 46.1 Å². The number of carbonyl (C=O) groups excluding carboxylic acids is 1. The number of carbonyl (C=O) groups is 1. The molecule has 1 aliphatic rings. The lowest BCUT2D eigenvalue weighted by Gasteiger charge is -2.38. The average Bonchev–Trinajstić information content (AvgIpc) is 2.82. The summed E-state index contributed by atoms with van der Waals surface area (Å²) < 4.78 is 5.57. The van der Waals surface area contributed by atoms with E-state index in [1.54, 1.807) is 6.20 Å². The van der Waals surface area contributed by atoms with Crippen LogP contribution in [0.4, 0.5) is 11.5 Å². The Labute approximate surface area is 201 Å². The Bertz CT molecular complexity index is 882. The zero-order valence-electron chi connectivity index (χ0n) is 20.3. The number of morpholine rings is 1. The molecule has 180 valence electrons. The molecule has 1 saturated heterocycles. The Morgan fingerprint density at radius 3 is 2.42 bits per heavy atom. The Morgan fingerprint density at radius 1 is 1.15 bits per heavy atom. The number of ether oxygens (including phenoxy) is 1. The molecule has 1 aliphatic heterocycles. The van der Waals surface area contributed by atoms with Crippen LogP contribution in [0.1, 0.15) is 38.1 Å². The van der Waals surface area contributed by atoms with Crippen molar-refractivity contribution >= 4 is 29.2 Å². The molecular weight excluding hydrogens is 436 g/mol. The lowest BCUT2D eigenvalue weighted by Crippen LogP contribution is -2.48. The van der Waals surface area contributed by atoms with E-state index < -0.39 is 0 Å². The number of anilines is 2. The fourth-order valence-electron chi connectivity index (χ4n) is 4.03. The Morgan fingerprint density at radius 2 is 1.82 bits per heavy atom.